The molecule has 7 rings (SSSR count). The Morgan fingerprint density at radius 2 is 1.57 bits per heavy atom. The van der Waals surface area contributed by atoms with Gasteiger partial charge in [0, 0.05) is 37.4 Å². The number of benzene rings is 2. The van der Waals surface area contributed by atoms with Crippen molar-refractivity contribution in [1.29, 1.82) is 0 Å². The number of rotatable bonds is 6. The first-order valence-electron chi connectivity index (χ1n) is 15.9. The summed E-state index contributed by atoms with van der Waals surface area (Å²) in [5, 5.41) is 0. The average Bonchev–Trinajstić information content (AvgIpc) is 3.47. The maximum atomic E-state index is 13.6. The van der Waals surface area contributed by atoms with Crippen LogP contribution >= 0.6 is 0 Å². The minimum Gasteiger partial charge on any atom is -0.339 e. The van der Waals surface area contributed by atoms with E-state index in [1.54, 1.807) is 6.20 Å². The van der Waals surface area contributed by atoms with E-state index in [4.69, 9.17) is 4.98 Å². The van der Waals surface area contributed by atoms with Gasteiger partial charge in [-0.1, -0.05) is 42.5 Å². The van der Waals surface area contributed by atoms with Crippen molar-refractivity contribution in [3.05, 3.63) is 95.1 Å². The molecule has 0 aliphatic carbocycles. The van der Waals surface area contributed by atoms with Gasteiger partial charge in [-0.25, -0.2) is 4.98 Å². The van der Waals surface area contributed by atoms with Gasteiger partial charge in [-0.05, 0) is 107 Å². The molecule has 0 N–H and O–H groups in total. The molecule has 1 amide bonds. The molecule has 4 aromatic rings. The minimum atomic E-state index is 0.102. The Morgan fingerprint density at radius 1 is 0.881 bits per heavy atom. The lowest BCUT2D eigenvalue weighted by Gasteiger charge is -2.45. The normalized spacial score (nSPS) is 23.9. The SMILES string of the molecule is Cc1ccnc(C)c1C(=O)N1CCC(CCN2[C@@H]3CC[C@H]2CC(n2c(C)nc4ccccc42)C3)(c2ccccc2)CC1. The largest absolute Gasteiger partial charge is 0.339 e. The zero-order valence-electron chi connectivity index (χ0n) is 25.3. The molecule has 2 bridgehead atoms. The van der Waals surface area contributed by atoms with Crippen LogP contribution in [-0.4, -0.2) is 62.0 Å². The summed E-state index contributed by atoms with van der Waals surface area (Å²) in [4.78, 5) is 27.8. The Hall–Kier alpha value is -3.51. The summed E-state index contributed by atoms with van der Waals surface area (Å²) in [5.74, 6) is 1.29. The van der Waals surface area contributed by atoms with E-state index in [0.29, 0.717) is 18.1 Å². The van der Waals surface area contributed by atoms with Gasteiger partial charge in [0.25, 0.3) is 5.91 Å². The standard InChI is InChI=1S/C36H43N5O/c1-25-15-19-37-26(2)34(25)35(42)39-20-16-36(17-21-39,28-9-5-4-6-10-28)18-22-40-29-13-14-30(40)24-31(23-29)41-27(3)38-32-11-7-8-12-33(32)41/h4-12,15,19,29-31H,13-14,16-18,20-24H2,1-3H3/t29-,30+,31?. The highest BCUT2D eigenvalue weighted by molar-refractivity contribution is 5.96. The van der Waals surface area contributed by atoms with E-state index in [9.17, 15) is 4.79 Å². The quantitative estimate of drug-likeness (QED) is 0.260. The van der Waals surface area contributed by atoms with Crippen LogP contribution in [0.2, 0.25) is 0 Å². The number of para-hydroxylation sites is 2. The van der Waals surface area contributed by atoms with Crippen molar-refractivity contribution in [3.63, 3.8) is 0 Å². The third-order valence-electron chi connectivity index (χ3n) is 10.8. The van der Waals surface area contributed by atoms with E-state index in [1.807, 2.05) is 19.9 Å². The number of carbonyl (C=O) groups is 1. The van der Waals surface area contributed by atoms with Crippen LogP contribution in [0.25, 0.3) is 11.0 Å². The molecule has 218 valence electrons. The lowest BCUT2D eigenvalue weighted by atomic mass is 9.70. The molecule has 3 atom stereocenters. The van der Waals surface area contributed by atoms with Crippen LogP contribution in [-0.2, 0) is 5.41 Å². The van der Waals surface area contributed by atoms with E-state index < -0.39 is 0 Å². The van der Waals surface area contributed by atoms with Gasteiger partial charge < -0.3 is 9.47 Å². The van der Waals surface area contributed by atoms with E-state index in [0.717, 1.165) is 67.1 Å². The zero-order valence-corrected chi connectivity index (χ0v) is 25.3. The molecule has 0 spiro atoms. The second kappa shape index (κ2) is 11.0. The van der Waals surface area contributed by atoms with Crippen LogP contribution in [0.4, 0.5) is 0 Å². The summed E-state index contributed by atoms with van der Waals surface area (Å²) in [7, 11) is 0. The minimum absolute atomic E-state index is 0.102. The van der Waals surface area contributed by atoms with Crippen LogP contribution < -0.4 is 0 Å². The van der Waals surface area contributed by atoms with E-state index in [1.165, 1.54) is 36.8 Å². The first-order chi connectivity index (χ1) is 20.4. The van der Waals surface area contributed by atoms with Gasteiger partial charge in [0.1, 0.15) is 5.82 Å². The van der Waals surface area contributed by atoms with Crippen molar-refractivity contribution in [2.75, 3.05) is 19.6 Å². The molecule has 0 saturated carbocycles. The molecule has 3 fully saturated rings. The number of amides is 1. The fourth-order valence-electron chi connectivity index (χ4n) is 8.58. The van der Waals surface area contributed by atoms with Crippen LogP contribution in [0, 0.1) is 20.8 Å². The van der Waals surface area contributed by atoms with E-state index in [-0.39, 0.29) is 11.3 Å². The van der Waals surface area contributed by atoms with Gasteiger partial charge in [-0.2, -0.15) is 0 Å². The first-order valence-corrected chi connectivity index (χ1v) is 15.9. The van der Waals surface area contributed by atoms with E-state index in [2.05, 4.69) is 80.9 Å². The summed E-state index contributed by atoms with van der Waals surface area (Å²) in [6, 6.07) is 23.5. The Balaban J connectivity index is 1.07. The Bertz CT molecular complexity index is 1550. The predicted octanol–water partition coefficient (Wildman–Crippen LogP) is 6.79. The first kappa shape index (κ1) is 27.3. The number of likely N-dealkylation sites (tertiary alicyclic amines) is 1. The molecule has 1 unspecified atom stereocenters. The predicted molar refractivity (Wildman–Crippen MR) is 168 cm³/mol. The third-order valence-corrected chi connectivity index (χ3v) is 10.8. The lowest BCUT2D eigenvalue weighted by molar-refractivity contribution is 0.0605. The highest BCUT2D eigenvalue weighted by Gasteiger charge is 2.44. The van der Waals surface area contributed by atoms with Crippen LogP contribution in [0.15, 0.2) is 66.9 Å². The molecule has 42 heavy (non-hydrogen) atoms. The second-order valence-electron chi connectivity index (χ2n) is 13.0. The monoisotopic (exact) mass is 561 g/mol. The van der Waals surface area contributed by atoms with Crippen molar-refractivity contribution in [3.8, 4) is 0 Å². The van der Waals surface area contributed by atoms with Gasteiger partial charge >= 0.3 is 0 Å². The second-order valence-corrected chi connectivity index (χ2v) is 13.0. The fourth-order valence-corrected chi connectivity index (χ4v) is 8.58. The molecule has 3 aliphatic rings. The Morgan fingerprint density at radius 3 is 2.29 bits per heavy atom. The van der Waals surface area contributed by atoms with Crippen molar-refractivity contribution in [2.24, 2.45) is 0 Å². The summed E-state index contributed by atoms with van der Waals surface area (Å²) in [6.07, 6.45) is 9.99. The number of hydrogen-bond acceptors (Lipinski definition) is 4. The van der Waals surface area contributed by atoms with Gasteiger partial charge in [-0.15, -0.1) is 0 Å². The van der Waals surface area contributed by atoms with Crippen molar-refractivity contribution >= 4 is 16.9 Å². The van der Waals surface area contributed by atoms with Gasteiger partial charge in [0.15, 0.2) is 0 Å². The molecule has 3 saturated heterocycles. The number of pyridine rings is 1. The molecule has 2 aromatic carbocycles. The fraction of sp³-hybridized carbons (Fsp3) is 0.472. The molecular weight excluding hydrogens is 518 g/mol. The molecule has 3 aliphatic heterocycles. The van der Waals surface area contributed by atoms with Gasteiger partial charge in [-0.3, -0.25) is 14.7 Å². The number of fused-ring (bicyclic) bond motifs is 3. The Kier molecular flexibility index (Phi) is 7.13. The summed E-state index contributed by atoms with van der Waals surface area (Å²) < 4.78 is 2.53. The molecule has 6 nitrogen and oxygen atoms in total. The van der Waals surface area contributed by atoms with Crippen LogP contribution in [0.5, 0.6) is 0 Å². The highest BCUT2D eigenvalue weighted by atomic mass is 16.2. The smallest absolute Gasteiger partial charge is 0.255 e. The summed E-state index contributed by atoms with van der Waals surface area (Å²) in [6.45, 7) is 8.87. The zero-order chi connectivity index (χ0) is 28.8. The number of nitrogens with zero attached hydrogens (tertiary/aromatic N) is 5. The number of aryl methyl sites for hydroxylation is 3. The number of hydrogen-bond donors (Lipinski definition) is 0. The van der Waals surface area contributed by atoms with Crippen LogP contribution in [0.1, 0.15) is 84.0 Å². The molecular formula is C36H43N5O. The maximum absolute atomic E-state index is 13.6. The number of piperidine rings is 2. The van der Waals surface area contributed by atoms with Crippen LogP contribution in [0.3, 0.4) is 0 Å². The van der Waals surface area contributed by atoms with Crippen molar-refractivity contribution < 1.29 is 4.79 Å². The molecule has 0 radical (unpaired) electrons. The highest BCUT2D eigenvalue weighted by Crippen LogP contribution is 2.45. The molecule has 2 aromatic heterocycles. The lowest BCUT2D eigenvalue weighted by Crippen LogP contribution is -2.49. The number of imidazole rings is 1. The third kappa shape index (κ3) is 4.74. The maximum Gasteiger partial charge on any atom is 0.255 e. The molecule has 5 heterocycles. The summed E-state index contributed by atoms with van der Waals surface area (Å²) >= 11 is 0. The number of carbonyl (C=O) groups excluding carboxylic acids is 1. The topological polar surface area (TPSA) is 54.3 Å². The molecule has 6 heteroatoms. The average molecular weight is 562 g/mol. The van der Waals surface area contributed by atoms with Crippen molar-refractivity contribution in [2.45, 2.75) is 89.3 Å². The van der Waals surface area contributed by atoms with Crippen molar-refractivity contribution in [1.82, 2.24) is 24.3 Å². The van der Waals surface area contributed by atoms with Gasteiger partial charge in [0.05, 0.1) is 22.3 Å². The summed E-state index contributed by atoms with van der Waals surface area (Å²) in [5.41, 5.74) is 6.58. The van der Waals surface area contributed by atoms with Gasteiger partial charge in [0.2, 0.25) is 0 Å². The Labute approximate surface area is 249 Å². The number of aromatic nitrogens is 3. The van der Waals surface area contributed by atoms with E-state index >= 15 is 0 Å².